The van der Waals surface area contributed by atoms with Gasteiger partial charge in [-0.2, -0.15) is 0 Å². The first-order chi connectivity index (χ1) is 8.06. The minimum Gasteiger partial charge on any atom is -0.306 e. The average molecular weight is 249 g/mol. The number of nitrogens with one attached hydrogen (secondary N) is 1. The van der Waals surface area contributed by atoms with Gasteiger partial charge in [0, 0.05) is 21.8 Å². The number of aryl methyl sites for hydroxylation is 2. The van der Waals surface area contributed by atoms with Crippen LogP contribution < -0.4 is 5.32 Å². The summed E-state index contributed by atoms with van der Waals surface area (Å²) in [6.45, 7) is 7.04. The van der Waals surface area contributed by atoms with E-state index >= 15 is 0 Å². The Morgan fingerprint density at radius 2 is 2.06 bits per heavy atom. The lowest BCUT2D eigenvalue weighted by atomic mass is 9.99. The molecule has 0 aromatic carbocycles. The van der Waals surface area contributed by atoms with Crippen LogP contribution in [0.25, 0.3) is 0 Å². The maximum atomic E-state index is 3.78. The van der Waals surface area contributed by atoms with E-state index in [0.29, 0.717) is 11.5 Å². The maximum absolute atomic E-state index is 3.78. The monoisotopic (exact) mass is 249 g/mol. The molecule has 1 N–H and O–H groups in total. The molecule has 1 nitrogen and oxygen atoms in total. The molecule has 1 aromatic rings. The Morgan fingerprint density at radius 3 is 2.71 bits per heavy atom. The Bertz CT molecular complexity index is 395. The van der Waals surface area contributed by atoms with Gasteiger partial charge in [0.1, 0.15) is 0 Å². The van der Waals surface area contributed by atoms with Crippen LogP contribution in [0.4, 0.5) is 0 Å². The van der Waals surface area contributed by atoms with Crippen LogP contribution in [0.2, 0.25) is 0 Å². The van der Waals surface area contributed by atoms with Gasteiger partial charge in [-0.25, -0.2) is 0 Å². The highest BCUT2D eigenvalue weighted by Crippen LogP contribution is 2.46. The fourth-order valence-corrected chi connectivity index (χ4v) is 4.13. The highest BCUT2D eigenvalue weighted by Gasteiger charge is 2.46. The van der Waals surface area contributed by atoms with E-state index in [1.165, 1.54) is 32.1 Å². The molecule has 1 fully saturated rings. The van der Waals surface area contributed by atoms with E-state index in [2.05, 4.69) is 43.5 Å². The molecule has 0 bridgehead atoms. The predicted molar refractivity (Wildman–Crippen MR) is 74.7 cm³/mol. The van der Waals surface area contributed by atoms with Crippen LogP contribution in [0.1, 0.15) is 61.4 Å². The lowest BCUT2D eigenvalue weighted by Gasteiger charge is -2.13. The summed E-state index contributed by atoms with van der Waals surface area (Å²) in [6, 6.07) is 3.74. The number of rotatable bonds is 3. The largest absolute Gasteiger partial charge is 0.306 e. The van der Waals surface area contributed by atoms with Crippen molar-refractivity contribution in [3.8, 4) is 0 Å². The smallest absolute Gasteiger partial charge is 0.0388 e. The zero-order valence-electron chi connectivity index (χ0n) is 11.2. The number of thiophene rings is 1. The minimum absolute atomic E-state index is 0.533. The van der Waals surface area contributed by atoms with E-state index in [1.54, 1.807) is 15.3 Å². The summed E-state index contributed by atoms with van der Waals surface area (Å²) in [5.41, 5.74) is 2.17. The van der Waals surface area contributed by atoms with Crippen LogP contribution in [-0.4, -0.2) is 6.04 Å². The van der Waals surface area contributed by atoms with Gasteiger partial charge in [0.2, 0.25) is 0 Å². The summed E-state index contributed by atoms with van der Waals surface area (Å²) in [6.07, 6.45) is 6.75. The average Bonchev–Trinajstić information content (AvgIpc) is 2.76. The molecule has 2 aliphatic carbocycles. The third-order valence-corrected chi connectivity index (χ3v) is 5.83. The molecular weight excluding hydrogens is 226 g/mol. The molecule has 0 radical (unpaired) electrons. The Balaban J connectivity index is 1.69. The highest BCUT2D eigenvalue weighted by molar-refractivity contribution is 7.12. The number of hydrogen-bond acceptors (Lipinski definition) is 2. The molecule has 1 aromatic heterocycles. The van der Waals surface area contributed by atoms with Crippen LogP contribution in [0.15, 0.2) is 6.07 Å². The van der Waals surface area contributed by atoms with E-state index in [1.807, 2.05) is 0 Å². The first-order valence-electron chi connectivity index (χ1n) is 6.94. The second kappa shape index (κ2) is 4.10. The van der Waals surface area contributed by atoms with Gasteiger partial charge in [0.05, 0.1) is 0 Å². The third-order valence-electron chi connectivity index (χ3n) is 4.41. The quantitative estimate of drug-likeness (QED) is 0.851. The summed E-state index contributed by atoms with van der Waals surface area (Å²) in [7, 11) is 0. The van der Waals surface area contributed by atoms with Gasteiger partial charge < -0.3 is 5.32 Å². The van der Waals surface area contributed by atoms with Gasteiger partial charge in [-0.15, -0.1) is 11.3 Å². The Hall–Kier alpha value is -0.340. The van der Waals surface area contributed by atoms with Crippen molar-refractivity contribution in [2.75, 3.05) is 0 Å². The molecule has 1 saturated carbocycles. The third kappa shape index (κ3) is 2.30. The van der Waals surface area contributed by atoms with E-state index in [0.717, 1.165) is 6.04 Å². The molecule has 2 heteroatoms. The predicted octanol–water partition coefficient (Wildman–Crippen LogP) is 4.08. The van der Waals surface area contributed by atoms with Gasteiger partial charge in [-0.05, 0) is 56.1 Å². The van der Waals surface area contributed by atoms with Gasteiger partial charge in [-0.3, -0.25) is 0 Å². The van der Waals surface area contributed by atoms with Crippen LogP contribution in [0.5, 0.6) is 0 Å². The van der Waals surface area contributed by atoms with Crippen molar-refractivity contribution in [3.63, 3.8) is 0 Å². The second-order valence-electron chi connectivity index (χ2n) is 6.44. The first-order valence-corrected chi connectivity index (χ1v) is 7.75. The fourth-order valence-electron chi connectivity index (χ4n) is 2.86. The van der Waals surface area contributed by atoms with Crippen LogP contribution in [0.3, 0.4) is 0 Å². The molecule has 2 aliphatic rings. The molecule has 1 heterocycles. The number of hydrogen-bond donors (Lipinski definition) is 1. The Kier molecular flexibility index (Phi) is 2.83. The van der Waals surface area contributed by atoms with E-state index in [9.17, 15) is 0 Å². The molecule has 0 saturated heterocycles. The summed E-state index contributed by atoms with van der Waals surface area (Å²) in [5.74, 6) is 0. The normalized spacial score (nSPS) is 27.6. The van der Waals surface area contributed by atoms with Crippen LogP contribution in [-0.2, 0) is 12.8 Å². The zero-order chi connectivity index (χ0) is 12.0. The topological polar surface area (TPSA) is 12.0 Å². The Morgan fingerprint density at radius 1 is 1.35 bits per heavy atom. The molecule has 2 atom stereocenters. The molecule has 0 amide bonds. The summed E-state index contributed by atoms with van der Waals surface area (Å²) in [5, 5.41) is 3.78. The summed E-state index contributed by atoms with van der Waals surface area (Å²) < 4.78 is 0. The van der Waals surface area contributed by atoms with Crippen molar-refractivity contribution < 1.29 is 0 Å². The molecule has 0 spiro atoms. The Labute approximate surface area is 109 Å². The van der Waals surface area contributed by atoms with Gasteiger partial charge in [-0.1, -0.05) is 13.8 Å². The van der Waals surface area contributed by atoms with Crippen molar-refractivity contribution in [2.45, 2.75) is 65.0 Å². The fraction of sp³-hybridized carbons (Fsp3) is 0.733. The van der Waals surface area contributed by atoms with Crippen LogP contribution in [0, 0.1) is 5.41 Å². The lowest BCUT2D eigenvalue weighted by Crippen LogP contribution is -2.23. The van der Waals surface area contributed by atoms with Crippen molar-refractivity contribution in [1.29, 1.82) is 0 Å². The lowest BCUT2D eigenvalue weighted by molar-refractivity contribution is 0.495. The molecule has 17 heavy (non-hydrogen) atoms. The van der Waals surface area contributed by atoms with Gasteiger partial charge in [0.15, 0.2) is 0 Å². The van der Waals surface area contributed by atoms with Crippen molar-refractivity contribution in [1.82, 2.24) is 5.32 Å². The van der Waals surface area contributed by atoms with E-state index < -0.39 is 0 Å². The molecule has 3 rings (SSSR count). The zero-order valence-corrected chi connectivity index (χ0v) is 12.0. The van der Waals surface area contributed by atoms with Crippen molar-refractivity contribution in [3.05, 3.63) is 21.4 Å². The maximum Gasteiger partial charge on any atom is 0.0388 e. The first kappa shape index (κ1) is 11.7. The van der Waals surface area contributed by atoms with Gasteiger partial charge >= 0.3 is 0 Å². The van der Waals surface area contributed by atoms with E-state index in [-0.39, 0.29) is 0 Å². The SMILES string of the molecule is CC(NC1CC1(C)C)c1cc2c(s1)CCCC2. The molecule has 94 valence electrons. The molecule has 2 unspecified atom stereocenters. The summed E-state index contributed by atoms with van der Waals surface area (Å²) >= 11 is 2.05. The van der Waals surface area contributed by atoms with Gasteiger partial charge in [0.25, 0.3) is 0 Å². The standard InChI is InChI=1S/C15H23NS/c1-10(16-14-9-15(14,2)3)13-8-11-6-4-5-7-12(11)17-13/h8,10,14,16H,4-7,9H2,1-3H3. The molecular formula is C15H23NS. The highest BCUT2D eigenvalue weighted by atomic mass is 32.1. The van der Waals surface area contributed by atoms with Crippen molar-refractivity contribution in [2.24, 2.45) is 5.41 Å². The minimum atomic E-state index is 0.533. The number of fused-ring (bicyclic) bond motifs is 1. The second-order valence-corrected chi connectivity index (χ2v) is 7.61. The molecule has 0 aliphatic heterocycles. The summed E-state index contributed by atoms with van der Waals surface area (Å²) in [4.78, 5) is 3.22. The van der Waals surface area contributed by atoms with Crippen molar-refractivity contribution >= 4 is 11.3 Å². The van der Waals surface area contributed by atoms with E-state index in [4.69, 9.17) is 0 Å². The van der Waals surface area contributed by atoms with Crippen LogP contribution >= 0.6 is 11.3 Å².